The van der Waals surface area contributed by atoms with Crippen molar-refractivity contribution in [2.45, 2.75) is 19.9 Å². The average molecular weight is 428 g/mol. The van der Waals surface area contributed by atoms with Gasteiger partial charge in [0.15, 0.2) is 0 Å². The van der Waals surface area contributed by atoms with Gasteiger partial charge in [-0.3, -0.25) is 9.36 Å². The molecule has 4 rings (SSSR count). The lowest BCUT2D eigenvalue weighted by Crippen LogP contribution is -2.44. The second kappa shape index (κ2) is 9.27. The Morgan fingerprint density at radius 2 is 1.62 bits per heavy atom. The maximum atomic E-state index is 13.6. The first-order valence-corrected chi connectivity index (χ1v) is 10.9. The van der Waals surface area contributed by atoms with Crippen molar-refractivity contribution in [1.29, 1.82) is 0 Å². The molecule has 4 aromatic rings. The van der Waals surface area contributed by atoms with Crippen LogP contribution in [0.5, 0.6) is 6.01 Å². The molecule has 0 saturated heterocycles. The number of fused-ring (bicyclic) bond motifs is 1. The monoisotopic (exact) mass is 427 g/mol. The van der Waals surface area contributed by atoms with Crippen LogP contribution in [0, 0.1) is 5.92 Å². The number of ether oxygens (including phenoxy) is 1. The van der Waals surface area contributed by atoms with Crippen molar-refractivity contribution >= 4 is 16.9 Å². The van der Waals surface area contributed by atoms with Crippen LogP contribution >= 0.6 is 0 Å². The van der Waals surface area contributed by atoms with Crippen molar-refractivity contribution < 1.29 is 9.53 Å². The SMILES string of the molecule is CC(C)C(COc1nc2ccccc2n1C)N(C)C(=O)c1ccccc1-c1ccccc1. The van der Waals surface area contributed by atoms with Crippen molar-refractivity contribution in [3.05, 3.63) is 84.4 Å². The lowest BCUT2D eigenvalue weighted by molar-refractivity contribution is 0.0602. The number of likely N-dealkylation sites (N-methyl/N-ethyl adjacent to an activating group) is 1. The van der Waals surface area contributed by atoms with E-state index in [0.29, 0.717) is 18.2 Å². The number of nitrogens with zero attached hydrogens (tertiary/aromatic N) is 3. The number of aromatic nitrogens is 2. The summed E-state index contributed by atoms with van der Waals surface area (Å²) in [6.07, 6.45) is 0. The highest BCUT2D eigenvalue weighted by Gasteiger charge is 2.27. The molecule has 5 heteroatoms. The summed E-state index contributed by atoms with van der Waals surface area (Å²) in [4.78, 5) is 20.0. The third kappa shape index (κ3) is 4.24. The standard InChI is InChI=1S/C27H29N3O2/c1-19(2)25(18-32-27-28-23-16-10-11-17-24(23)30(27)4)29(3)26(31)22-15-9-8-14-21(22)20-12-6-5-7-13-20/h5-17,19,25H,18H2,1-4H3. The Labute approximate surface area is 189 Å². The van der Waals surface area contributed by atoms with Gasteiger partial charge in [-0.2, -0.15) is 4.98 Å². The fraction of sp³-hybridized carbons (Fsp3) is 0.259. The molecule has 1 atom stereocenters. The van der Waals surface area contributed by atoms with Gasteiger partial charge >= 0.3 is 0 Å². The van der Waals surface area contributed by atoms with Crippen molar-refractivity contribution in [2.24, 2.45) is 13.0 Å². The van der Waals surface area contributed by atoms with E-state index in [1.807, 2.05) is 97.5 Å². The van der Waals surface area contributed by atoms with Gasteiger partial charge in [0.2, 0.25) is 0 Å². The van der Waals surface area contributed by atoms with Gasteiger partial charge in [0.05, 0.1) is 17.1 Å². The minimum absolute atomic E-state index is 0.0169. The van der Waals surface area contributed by atoms with E-state index >= 15 is 0 Å². The Hall–Kier alpha value is -3.60. The van der Waals surface area contributed by atoms with Crippen LogP contribution in [0.15, 0.2) is 78.9 Å². The summed E-state index contributed by atoms with van der Waals surface area (Å²) in [5.74, 6) is 0.194. The number of aryl methyl sites for hydroxylation is 1. The van der Waals surface area contributed by atoms with Crippen molar-refractivity contribution in [3.63, 3.8) is 0 Å². The highest BCUT2D eigenvalue weighted by molar-refractivity contribution is 6.01. The molecule has 1 unspecified atom stereocenters. The number of carbonyl (C=O) groups excluding carboxylic acids is 1. The van der Waals surface area contributed by atoms with Gasteiger partial charge in [-0.15, -0.1) is 0 Å². The van der Waals surface area contributed by atoms with Crippen LogP contribution in [0.1, 0.15) is 24.2 Å². The topological polar surface area (TPSA) is 47.4 Å². The van der Waals surface area contributed by atoms with Crippen LogP contribution in [0.3, 0.4) is 0 Å². The van der Waals surface area contributed by atoms with E-state index in [1.165, 1.54) is 0 Å². The van der Waals surface area contributed by atoms with Gasteiger partial charge in [0.25, 0.3) is 11.9 Å². The highest BCUT2D eigenvalue weighted by atomic mass is 16.5. The number of amides is 1. The number of para-hydroxylation sites is 2. The maximum absolute atomic E-state index is 13.6. The quantitative estimate of drug-likeness (QED) is 0.396. The molecule has 0 bridgehead atoms. The van der Waals surface area contributed by atoms with Crippen molar-refractivity contribution in [1.82, 2.24) is 14.5 Å². The van der Waals surface area contributed by atoms with Crippen LogP contribution in [-0.4, -0.2) is 40.1 Å². The van der Waals surface area contributed by atoms with Crippen LogP contribution < -0.4 is 4.74 Å². The summed E-state index contributed by atoms with van der Waals surface area (Å²) < 4.78 is 8.07. The molecule has 3 aromatic carbocycles. The van der Waals surface area contributed by atoms with E-state index < -0.39 is 0 Å². The molecule has 0 aliphatic heterocycles. The zero-order valence-electron chi connectivity index (χ0n) is 19.0. The molecule has 164 valence electrons. The molecule has 0 fully saturated rings. The summed E-state index contributed by atoms with van der Waals surface area (Å²) in [6, 6.07) is 26.2. The molecule has 5 nitrogen and oxygen atoms in total. The van der Waals surface area contributed by atoms with Crippen molar-refractivity contribution in [3.8, 4) is 17.1 Å². The molecule has 1 amide bonds. The molecular formula is C27H29N3O2. The minimum atomic E-state index is -0.105. The largest absolute Gasteiger partial charge is 0.462 e. The molecule has 1 heterocycles. The summed E-state index contributed by atoms with van der Waals surface area (Å²) in [5, 5.41) is 0. The Kier molecular flexibility index (Phi) is 6.26. The van der Waals surface area contributed by atoms with Crippen molar-refractivity contribution in [2.75, 3.05) is 13.7 Å². The molecule has 0 saturated carbocycles. The predicted octanol–water partition coefficient (Wildman–Crippen LogP) is 5.42. The fourth-order valence-corrected chi connectivity index (χ4v) is 4.04. The molecule has 0 aliphatic rings. The number of hydrogen-bond acceptors (Lipinski definition) is 3. The van der Waals surface area contributed by atoms with Gasteiger partial charge in [-0.1, -0.05) is 74.5 Å². The molecule has 0 aliphatic carbocycles. The molecule has 0 spiro atoms. The second-order valence-electron chi connectivity index (χ2n) is 8.39. The van der Waals surface area contributed by atoms with Crippen LogP contribution in [0.25, 0.3) is 22.2 Å². The molecule has 0 N–H and O–H groups in total. The van der Waals surface area contributed by atoms with Crippen LogP contribution in [0.4, 0.5) is 0 Å². The lowest BCUT2D eigenvalue weighted by Gasteiger charge is -2.31. The first kappa shape index (κ1) is 21.6. The number of imidazole rings is 1. The number of hydrogen-bond donors (Lipinski definition) is 0. The third-order valence-corrected chi connectivity index (χ3v) is 5.96. The smallest absolute Gasteiger partial charge is 0.297 e. The number of carbonyl (C=O) groups is 1. The Morgan fingerprint density at radius 3 is 2.34 bits per heavy atom. The first-order chi connectivity index (χ1) is 15.5. The number of benzene rings is 3. The Morgan fingerprint density at radius 1 is 0.969 bits per heavy atom. The van der Waals surface area contributed by atoms with E-state index in [0.717, 1.165) is 22.2 Å². The van der Waals surface area contributed by atoms with E-state index in [1.54, 1.807) is 4.90 Å². The third-order valence-electron chi connectivity index (χ3n) is 5.96. The average Bonchev–Trinajstić information content (AvgIpc) is 3.14. The van der Waals surface area contributed by atoms with E-state index in [2.05, 4.69) is 18.8 Å². The van der Waals surface area contributed by atoms with Gasteiger partial charge in [-0.05, 0) is 35.2 Å². The van der Waals surface area contributed by atoms with Crippen LogP contribution in [-0.2, 0) is 7.05 Å². The van der Waals surface area contributed by atoms with Gasteiger partial charge in [0.1, 0.15) is 6.61 Å². The summed E-state index contributed by atoms with van der Waals surface area (Å²) in [5.41, 5.74) is 4.57. The Balaban J connectivity index is 1.57. The molecule has 0 radical (unpaired) electrons. The molecular weight excluding hydrogens is 398 g/mol. The van der Waals surface area contributed by atoms with Gasteiger partial charge in [-0.25, -0.2) is 0 Å². The fourth-order valence-electron chi connectivity index (χ4n) is 4.04. The maximum Gasteiger partial charge on any atom is 0.297 e. The van der Waals surface area contributed by atoms with Crippen LogP contribution in [0.2, 0.25) is 0 Å². The zero-order valence-corrected chi connectivity index (χ0v) is 19.0. The van der Waals surface area contributed by atoms with E-state index in [-0.39, 0.29) is 17.9 Å². The summed E-state index contributed by atoms with van der Waals surface area (Å²) in [7, 11) is 3.80. The second-order valence-corrected chi connectivity index (χ2v) is 8.39. The molecule has 32 heavy (non-hydrogen) atoms. The first-order valence-electron chi connectivity index (χ1n) is 10.9. The number of rotatable bonds is 7. The molecule has 1 aromatic heterocycles. The predicted molar refractivity (Wildman–Crippen MR) is 129 cm³/mol. The zero-order chi connectivity index (χ0) is 22.7. The summed E-state index contributed by atoms with van der Waals surface area (Å²) in [6.45, 7) is 4.58. The normalized spacial score (nSPS) is 12.2. The Bertz CT molecular complexity index is 1210. The van der Waals surface area contributed by atoms with Gasteiger partial charge in [0, 0.05) is 19.7 Å². The van der Waals surface area contributed by atoms with E-state index in [9.17, 15) is 4.79 Å². The minimum Gasteiger partial charge on any atom is -0.462 e. The highest BCUT2D eigenvalue weighted by Crippen LogP contribution is 2.26. The summed E-state index contributed by atoms with van der Waals surface area (Å²) >= 11 is 0. The van der Waals surface area contributed by atoms with E-state index in [4.69, 9.17) is 4.74 Å². The van der Waals surface area contributed by atoms with Gasteiger partial charge < -0.3 is 9.64 Å². The lowest BCUT2D eigenvalue weighted by atomic mass is 9.97.